The standard InChI is InChI=1S/C13H20N2O3S/c1-5-6-7-8-9(10(16)17)19-12(14-8)15-11(18)13(2,3)4/h5-7H2,1-4H3,(H,16,17)(H,14,15,18). The first-order valence-corrected chi connectivity index (χ1v) is 7.11. The maximum Gasteiger partial charge on any atom is 0.347 e. The smallest absolute Gasteiger partial charge is 0.347 e. The summed E-state index contributed by atoms with van der Waals surface area (Å²) in [5.74, 6) is -1.15. The number of rotatable bonds is 5. The number of carbonyl (C=O) groups is 2. The molecule has 0 aromatic carbocycles. The van der Waals surface area contributed by atoms with Crippen molar-refractivity contribution in [2.45, 2.75) is 47.0 Å². The van der Waals surface area contributed by atoms with Crippen LogP contribution in [0.15, 0.2) is 0 Å². The molecule has 0 aliphatic carbocycles. The topological polar surface area (TPSA) is 79.3 Å². The first-order chi connectivity index (χ1) is 8.75. The molecule has 0 fully saturated rings. The van der Waals surface area contributed by atoms with E-state index in [1.165, 1.54) is 0 Å². The van der Waals surface area contributed by atoms with Crippen molar-refractivity contribution in [3.8, 4) is 0 Å². The lowest BCUT2D eigenvalue weighted by Gasteiger charge is -2.15. The number of nitrogens with zero attached hydrogens (tertiary/aromatic N) is 1. The maximum absolute atomic E-state index is 11.8. The molecule has 5 nitrogen and oxygen atoms in total. The lowest BCUT2D eigenvalue weighted by molar-refractivity contribution is -0.123. The fourth-order valence-electron chi connectivity index (χ4n) is 1.37. The highest BCUT2D eigenvalue weighted by molar-refractivity contribution is 7.17. The number of thiazole rings is 1. The summed E-state index contributed by atoms with van der Waals surface area (Å²) in [6, 6.07) is 0. The number of nitrogens with one attached hydrogen (secondary N) is 1. The van der Waals surface area contributed by atoms with Gasteiger partial charge >= 0.3 is 5.97 Å². The number of carboxylic acid groups (broad SMARTS) is 1. The maximum atomic E-state index is 11.8. The molecule has 1 amide bonds. The van der Waals surface area contributed by atoms with E-state index in [-0.39, 0.29) is 10.8 Å². The fourth-order valence-corrected chi connectivity index (χ4v) is 2.22. The molecule has 0 aliphatic rings. The number of aryl methyl sites for hydroxylation is 1. The second-order valence-electron chi connectivity index (χ2n) is 5.41. The van der Waals surface area contributed by atoms with Crippen LogP contribution in [0.4, 0.5) is 5.13 Å². The van der Waals surface area contributed by atoms with E-state index in [1.54, 1.807) is 20.8 Å². The molecule has 0 atom stereocenters. The van der Waals surface area contributed by atoms with Gasteiger partial charge in [0.1, 0.15) is 4.88 Å². The van der Waals surface area contributed by atoms with E-state index in [4.69, 9.17) is 5.11 Å². The van der Waals surface area contributed by atoms with Crippen molar-refractivity contribution in [1.82, 2.24) is 4.98 Å². The van der Waals surface area contributed by atoms with E-state index in [2.05, 4.69) is 10.3 Å². The van der Waals surface area contributed by atoms with Crippen LogP contribution in [0.1, 0.15) is 55.9 Å². The number of carboxylic acids is 1. The normalized spacial score (nSPS) is 11.4. The average Bonchev–Trinajstić information content (AvgIpc) is 2.68. The molecule has 0 aliphatic heterocycles. The fraction of sp³-hybridized carbons (Fsp3) is 0.615. The van der Waals surface area contributed by atoms with E-state index in [9.17, 15) is 9.59 Å². The molecule has 6 heteroatoms. The molecular weight excluding hydrogens is 264 g/mol. The van der Waals surface area contributed by atoms with Crippen LogP contribution >= 0.6 is 11.3 Å². The lowest BCUT2D eigenvalue weighted by Crippen LogP contribution is -2.27. The van der Waals surface area contributed by atoms with Gasteiger partial charge in [-0.3, -0.25) is 4.79 Å². The quantitative estimate of drug-likeness (QED) is 0.870. The van der Waals surface area contributed by atoms with Crippen LogP contribution in [0.2, 0.25) is 0 Å². The summed E-state index contributed by atoms with van der Waals surface area (Å²) in [7, 11) is 0. The van der Waals surface area contributed by atoms with Crippen LogP contribution in [0, 0.1) is 5.41 Å². The number of hydrogen-bond donors (Lipinski definition) is 2. The van der Waals surface area contributed by atoms with Gasteiger partial charge in [0.2, 0.25) is 5.91 Å². The Kier molecular flexibility index (Phi) is 5.05. The number of hydrogen-bond acceptors (Lipinski definition) is 4. The van der Waals surface area contributed by atoms with Crippen molar-refractivity contribution >= 4 is 28.3 Å². The molecule has 0 unspecified atom stereocenters. The van der Waals surface area contributed by atoms with Crippen molar-refractivity contribution in [2.75, 3.05) is 5.32 Å². The van der Waals surface area contributed by atoms with E-state index >= 15 is 0 Å². The third kappa shape index (κ3) is 4.31. The number of aromatic nitrogens is 1. The second kappa shape index (κ2) is 6.14. The molecule has 1 aromatic heterocycles. The van der Waals surface area contributed by atoms with Gasteiger partial charge in [-0.2, -0.15) is 0 Å². The number of anilines is 1. The average molecular weight is 284 g/mol. The van der Waals surface area contributed by atoms with Gasteiger partial charge in [0, 0.05) is 5.41 Å². The Morgan fingerprint density at radius 1 is 1.37 bits per heavy atom. The first kappa shape index (κ1) is 15.6. The largest absolute Gasteiger partial charge is 0.477 e. The van der Waals surface area contributed by atoms with E-state index in [0.29, 0.717) is 17.2 Å². The van der Waals surface area contributed by atoms with Gasteiger partial charge in [-0.05, 0) is 12.8 Å². The predicted molar refractivity (Wildman–Crippen MR) is 75.8 cm³/mol. The SMILES string of the molecule is CCCCc1nc(NC(=O)C(C)(C)C)sc1C(=O)O. The molecule has 0 spiro atoms. The molecule has 0 saturated carbocycles. The van der Waals surface area contributed by atoms with E-state index in [1.807, 2.05) is 6.92 Å². The Bertz CT molecular complexity index is 475. The summed E-state index contributed by atoms with van der Waals surface area (Å²) >= 11 is 1.02. The van der Waals surface area contributed by atoms with Gasteiger partial charge in [-0.1, -0.05) is 45.5 Å². The van der Waals surface area contributed by atoms with Gasteiger partial charge in [-0.25, -0.2) is 9.78 Å². The third-order valence-electron chi connectivity index (χ3n) is 2.56. The van der Waals surface area contributed by atoms with Gasteiger partial charge in [0.15, 0.2) is 5.13 Å². The number of unbranched alkanes of at least 4 members (excludes halogenated alkanes) is 1. The highest BCUT2D eigenvalue weighted by Gasteiger charge is 2.24. The summed E-state index contributed by atoms with van der Waals surface area (Å²) < 4.78 is 0. The first-order valence-electron chi connectivity index (χ1n) is 6.30. The Morgan fingerprint density at radius 3 is 2.47 bits per heavy atom. The number of amides is 1. The third-order valence-corrected chi connectivity index (χ3v) is 3.56. The second-order valence-corrected chi connectivity index (χ2v) is 6.41. The van der Waals surface area contributed by atoms with Crippen LogP contribution in [0.25, 0.3) is 0 Å². The summed E-state index contributed by atoms with van der Waals surface area (Å²) in [5.41, 5.74) is 0.0297. The van der Waals surface area contributed by atoms with Crippen LogP contribution in [0.5, 0.6) is 0 Å². The van der Waals surface area contributed by atoms with Crippen LogP contribution in [-0.2, 0) is 11.2 Å². The summed E-state index contributed by atoms with van der Waals surface area (Å²) in [6.45, 7) is 7.43. The van der Waals surface area contributed by atoms with Crippen molar-refractivity contribution in [2.24, 2.45) is 5.41 Å². The molecule has 0 bridgehead atoms. The molecule has 1 aromatic rings. The number of aromatic carboxylic acids is 1. The molecule has 1 rings (SSSR count). The van der Waals surface area contributed by atoms with Crippen LogP contribution < -0.4 is 5.32 Å². The Labute approximate surface area is 117 Å². The molecule has 2 N–H and O–H groups in total. The van der Waals surface area contributed by atoms with E-state index < -0.39 is 11.4 Å². The van der Waals surface area contributed by atoms with Gasteiger partial charge < -0.3 is 10.4 Å². The van der Waals surface area contributed by atoms with Crippen molar-refractivity contribution in [1.29, 1.82) is 0 Å². The summed E-state index contributed by atoms with van der Waals surface area (Å²) in [4.78, 5) is 27.4. The predicted octanol–water partition coefficient (Wildman–Crippen LogP) is 3.17. The van der Waals surface area contributed by atoms with Gasteiger partial charge in [0.25, 0.3) is 0 Å². The van der Waals surface area contributed by atoms with Crippen molar-refractivity contribution in [3.63, 3.8) is 0 Å². The number of carbonyl (C=O) groups excluding carboxylic acids is 1. The Balaban J connectivity index is 2.92. The van der Waals surface area contributed by atoms with Crippen LogP contribution in [0.3, 0.4) is 0 Å². The summed E-state index contributed by atoms with van der Waals surface area (Å²) in [6.07, 6.45) is 2.48. The zero-order chi connectivity index (χ0) is 14.6. The summed E-state index contributed by atoms with van der Waals surface area (Å²) in [5, 5.41) is 12.2. The molecule has 106 valence electrons. The van der Waals surface area contributed by atoms with Gasteiger partial charge in [0.05, 0.1) is 5.69 Å². The Morgan fingerprint density at radius 2 is 2.00 bits per heavy atom. The van der Waals surface area contributed by atoms with Crippen molar-refractivity contribution in [3.05, 3.63) is 10.6 Å². The van der Waals surface area contributed by atoms with Crippen LogP contribution in [-0.4, -0.2) is 22.0 Å². The zero-order valence-electron chi connectivity index (χ0n) is 11.7. The minimum Gasteiger partial charge on any atom is -0.477 e. The molecule has 0 saturated heterocycles. The minimum absolute atomic E-state index is 0.166. The van der Waals surface area contributed by atoms with E-state index in [0.717, 1.165) is 24.2 Å². The molecule has 1 heterocycles. The van der Waals surface area contributed by atoms with Gasteiger partial charge in [-0.15, -0.1) is 0 Å². The molecule has 0 radical (unpaired) electrons. The Hall–Kier alpha value is -1.43. The molecule has 19 heavy (non-hydrogen) atoms. The lowest BCUT2D eigenvalue weighted by atomic mass is 9.96. The highest BCUT2D eigenvalue weighted by atomic mass is 32.1. The highest BCUT2D eigenvalue weighted by Crippen LogP contribution is 2.26. The zero-order valence-corrected chi connectivity index (χ0v) is 12.6. The monoisotopic (exact) mass is 284 g/mol. The minimum atomic E-state index is -0.986. The molecular formula is C13H20N2O3S. The van der Waals surface area contributed by atoms with Crippen molar-refractivity contribution < 1.29 is 14.7 Å².